The van der Waals surface area contributed by atoms with E-state index in [4.69, 9.17) is 0 Å². The minimum absolute atomic E-state index is 0.902. The predicted octanol–water partition coefficient (Wildman–Crippen LogP) is 2.57. The lowest BCUT2D eigenvalue weighted by molar-refractivity contribution is 0.552. The molecule has 0 saturated carbocycles. The van der Waals surface area contributed by atoms with Gasteiger partial charge in [-0.2, -0.15) is 0 Å². The van der Waals surface area contributed by atoms with Crippen molar-refractivity contribution in [1.82, 2.24) is 10.3 Å². The summed E-state index contributed by atoms with van der Waals surface area (Å²) in [6.07, 6.45) is 8.65. The van der Waals surface area contributed by atoms with Crippen molar-refractivity contribution in [3.8, 4) is 0 Å². The van der Waals surface area contributed by atoms with Crippen LogP contribution in [0.25, 0.3) is 0 Å². The van der Waals surface area contributed by atoms with E-state index in [0.717, 1.165) is 19.6 Å². The highest BCUT2D eigenvalue weighted by atomic mass is 15.2. The van der Waals surface area contributed by atoms with Crippen molar-refractivity contribution in [2.45, 2.75) is 38.6 Å². The van der Waals surface area contributed by atoms with Gasteiger partial charge < -0.3 is 10.2 Å². The molecule has 0 aliphatic carbocycles. The molecule has 3 nitrogen and oxygen atoms in total. The van der Waals surface area contributed by atoms with E-state index in [0.29, 0.717) is 0 Å². The van der Waals surface area contributed by atoms with Crippen molar-refractivity contribution >= 4 is 5.82 Å². The van der Waals surface area contributed by atoms with Gasteiger partial charge in [0.05, 0.1) is 0 Å². The summed E-state index contributed by atoms with van der Waals surface area (Å²) in [6, 6.07) is 4.21. The molecule has 2 heterocycles. The van der Waals surface area contributed by atoms with Crippen LogP contribution in [0.15, 0.2) is 18.3 Å². The maximum atomic E-state index is 4.58. The fourth-order valence-corrected chi connectivity index (χ4v) is 2.50. The maximum absolute atomic E-state index is 4.58. The molecule has 1 saturated heterocycles. The van der Waals surface area contributed by atoms with Crippen LogP contribution in [0.4, 0.5) is 5.82 Å². The zero-order chi connectivity index (χ0) is 11.9. The predicted molar refractivity (Wildman–Crippen MR) is 72.3 cm³/mol. The zero-order valence-electron chi connectivity index (χ0n) is 10.8. The first kappa shape index (κ1) is 12.4. The van der Waals surface area contributed by atoms with E-state index in [-0.39, 0.29) is 0 Å². The second-order valence-corrected chi connectivity index (χ2v) is 4.77. The quantitative estimate of drug-likeness (QED) is 0.869. The van der Waals surface area contributed by atoms with Gasteiger partial charge in [-0.1, -0.05) is 25.3 Å². The summed E-state index contributed by atoms with van der Waals surface area (Å²) in [7, 11) is 1.99. The average Bonchev–Trinajstić information content (AvgIpc) is 2.30. The standard InChI is InChI=1S/C14H23N3/c1-15-12-13-8-7-9-16-14(13)17-10-5-3-2-4-6-11-17/h7-9,15H,2-6,10-12H2,1H3. The summed E-state index contributed by atoms with van der Waals surface area (Å²) < 4.78 is 0. The lowest BCUT2D eigenvalue weighted by atomic mass is 10.1. The molecule has 0 unspecified atom stereocenters. The van der Waals surface area contributed by atoms with Crippen LogP contribution in [0, 0.1) is 0 Å². The van der Waals surface area contributed by atoms with Gasteiger partial charge in [0.2, 0.25) is 0 Å². The second kappa shape index (κ2) is 6.60. The van der Waals surface area contributed by atoms with Gasteiger partial charge in [-0.25, -0.2) is 4.98 Å². The second-order valence-electron chi connectivity index (χ2n) is 4.77. The van der Waals surface area contributed by atoms with Crippen molar-refractivity contribution in [2.75, 3.05) is 25.0 Å². The summed E-state index contributed by atoms with van der Waals surface area (Å²) >= 11 is 0. The van der Waals surface area contributed by atoms with Gasteiger partial charge in [0, 0.05) is 31.4 Å². The highest BCUT2D eigenvalue weighted by Crippen LogP contribution is 2.20. The fraction of sp³-hybridized carbons (Fsp3) is 0.643. The minimum atomic E-state index is 0.902. The molecule has 0 spiro atoms. The largest absolute Gasteiger partial charge is 0.356 e. The number of hydrogen-bond acceptors (Lipinski definition) is 3. The van der Waals surface area contributed by atoms with E-state index in [1.807, 2.05) is 19.3 Å². The summed E-state index contributed by atoms with van der Waals surface area (Å²) in [5.41, 5.74) is 1.32. The molecular weight excluding hydrogens is 210 g/mol. The molecule has 1 aliphatic rings. The van der Waals surface area contributed by atoms with Crippen LogP contribution >= 0.6 is 0 Å². The molecule has 1 N–H and O–H groups in total. The molecule has 1 aromatic rings. The van der Waals surface area contributed by atoms with Crippen molar-refractivity contribution in [3.63, 3.8) is 0 Å². The van der Waals surface area contributed by atoms with E-state index < -0.39 is 0 Å². The van der Waals surface area contributed by atoms with Crippen LogP contribution in [0.5, 0.6) is 0 Å². The first-order chi connectivity index (χ1) is 8.42. The Labute approximate surface area is 104 Å². The topological polar surface area (TPSA) is 28.2 Å². The van der Waals surface area contributed by atoms with Crippen molar-refractivity contribution in [1.29, 1.82) is 0 Å². The number of rotatable bonds is 3. The van der Waals surface area contributed by atoms with Crippen LogP contribution in [-0.2, 0) is 6.54 Å². The third-order valence-corrected chi connectivity index (χ3v) is 3.39. The van der Waals surface area contributed by atoms with Gasteiger partial charge in [0.25, 0.3) is 0 Å². The fourth-order valence-electron chi connectivity index (χ4n) is 2.50. The van der Waals surface area contributed by atoms with Gasteiger partial charge in [-0.05, 0) is 26.0 Å². The average molecular weight is 233 g/mol. The Morgan fingerprint density at radius 2 is 1.88 bits per heavy atom. The molecule has 1 aliphatic heterocycles. The van der Waals surface area contributed by atoms with Crippen LogP contribution in [-0.4, -0.2) is 25.1 Å². The third-order valence-electron chi connectivity index (χ3n) is 3.39. The van der Waals surface area contributed by atoms with Crippen molar-refractivity contribution in [3.05, 3.63) is 23.9 Å². The van der Waals surface area contributed by atoms with Crippen molar-refractivity contribution < 1.29 is 0 Å². The Balaban J connectivity index is 2.12. The number of nitrogens with one attached hydrogen (secondary N) is 1. The Morgan fingerprint density at radius 1 is 1.18 bits per heavy atom. The highest BCUT2D eigenvalue weighted by Gasteiger charge is 2.13. The van der Waals surface area contributed by atoms with E-state index in [2.05, 4.69) is 21.3 Å². The maximum Gasteiger partial charge on any atom is 0.133 e. The van der Waals surface area contributed by atoms with Crippen LogP contribution in [0.3, 0.4) is 0 Å². The lowest BCUT2D eigenvalue weighted by Gasteiger charge is -2.27. The van der Waals surface area contributed by atoms with E-state index in [1.165, 1.54) is 43.5 Å². The van der Waals surface area contributed by atoms with Crippen molar-refractivity contribution in [2.24, 2.45) is 0 Å². The number of aromatic nitrogens is 1. The first-order valence-corrected chi connectivity index (χ1v) is 6.75. The Kier molecular flexibility index (Phi) is 4.80. The number of pyridine rings is 1. The van der Waals surface area contributed by atoms with Crippen LogP contribution in [0.2, 0.25) is 0 Å². The third kappa shape index (κ3) is 3.43. The van der Waals surface area contributed by atoms with E-state index in [1.54, 1.807) is 0 Å². The molecule has 3 heteroatoms. The smallest absolute Gasteiger partial charge is 0.133 e. The van der Waals surface area contributed by atoms with E-state index >= 15 is 0 Å². The van der Waals surface area contributed by atoms with E-state index in [9.17, 15) is 0 Å². The first-order valence-electron chi connectivity index (χ1n) is 6.75. The zero-order valence-corrected chi connectivity index (χ0v) is 10.8. The summed E-state index contributed by atoms with van der Waals surface area (Å²) in [4.78, 5) is 7.04. The highest BCUT2D eigenvalue weighted by molar-refractivity contribution is 5.46. The summed E-state index contributed by atoms with van der Waals surface area (Å²) in [6.45, 7) is 3.22. The SMILES string of the molecule is CNCc1cccnc1N1CCCCCCC1. The van der Waals surface area contributed by atoms with Gasteiger partial charge in [-0.3, -0.25) is 0 Å². The monoisotopic (exact) mass is 233 g/mol. The molecule has 1 aromatic heterocycles. The Morgan fingerprint density at radius 3 is 2.59 bits per heavy atom. The minimum Gasteiger partial charge on any atom is -0.356 e. The number of nitrogens with zero attached hydrogens (tertiary/aromatic N) is 2. The van der Waals surface area contributed by atoms with Crippen LogP contribution in [0.1, 0.15) is 37.7 Å². The molecule has 0 amide bonds. The van der Waals surface area contributed by atoms with Gasteiger partial charge in [0.1, 0.15) is 5.82 Å². The van der Waals surface area contributed by atoms with Gasteiger partial charge in [-0.15, -0.1) is 0 Å². The Hall–Kier alpha value is -1.09. The molecule has 1 fully saturated rings. The molecule has 0 atom stereocenters. The molecular formula is C14H23N3. The number of anilines is 1. The lowest BCUT2D eigenvalue weighted by Crippen LogP contribution is -2.29. The Bertz CT molecular complexity index is 330. The van der Waals surface area contributed by atoms with Gasteiger partial charge >= 0.3 is 0 Å². The molecule has 2 rings (SSSR count). The molecule has 0 aromatic carbocycles. The molecule has 0 bridgehead atoms. The summed E-state index contributed by atoms with van der Waals surface area (Å²) in [5, 5.41) is 3.22. The normalized spacial score (nSPS) is 17.6. The molecule has 17 heavy (non-hydrogen) atoms. The molecule has 94 valence electrons. The molecule has 0 radical (unpaired) electrons. The number of hydrogen-bond donors (Lipinski definition) is 1. The van der Waals surface area contributed by atoms with Crippen LogP contribution < -0.4 is 10.2 Å². The summed E-state index contributed by atoms with van der Waals surface area (Å²) in [5.74, 6) is 1.18. The van der Waals surface area contributed by atoms with Gasteiger partial charge in [0.15, 0.2) is 0 Å².